The molecule has 1 fully saturated rings. The second-order valence-electron chi connectivity index (χ2n) is 5.84. The van der Waals surface area contributed by atoms with Crippen LogP contribution in [-0.4, -0.2) is 24.0 Å². The smallest absolute Gasteiger partial charge is 0.283 e. The van der Waals surface area contributed by atoms with Gasteiger partial charge in [-0.3, -0.25) is 4.79 Å². The molecule has 4 nitrogen and oxygen atoms in total. The molecule has 3 rings (SSSR count). The van der Waals surface area contributed by atoms with Crippen LogP contribution in [0.5, 0.6) is 5.75 Å². The summed E-state index contributed by atoms with van der Waals surface area (Å²) in [6.07, 6.45) is 3.33. The quantitative estimate of drug-likeness (QED) is 0.832. The molecule has 2 N–H and O–H groups in total. The van der Waals surface area contributed by atoms with Crippen molar-refractivity contribution in [3.05, 3.63) is 48.5 Å². The Hall–Kier alpha value is -2.40. The van der Waals surface area contributed by atoms with Gasteiger partial charge in [-0.15, -0.1) is 0 Å². The lowest BCUT2D eigenvalue weighted by Gasteiger charge is -2.27. The third-order valence-electron chi connectivity index (χ3n) is 4.20. The van der Waals surface area contributed by atoms with E-state index < -0.39 is 0 Å². The molecule has 0 radical (unpaired) electrons. The van der Waals surface area contributed by atoms with Crippen LogP contribution in [0.25, 0.3) is 11.1 Å². The fourth-order valence-electron chi connectivity index (χ4n) is 2.60. The van der Waals surface area contributed by atoms with E-state index in [0.717, 1.165) is 24.0 Å². The minimum Gasteiger partial charge on any atom is -0.495 e. The molecule has 124 valence electrons. The summed E-state index contributed by atoms with van der Waals surface area (Å²) in [6.45, 7) is 0. The summed E-state index contributed by atoms with van der Waals surface area (Å²) in [5, 5.41) is 5.96. The van der Waals surface area contributed by atoms with Gasteiger partial charge >= 0.3 is 0 Å². The molecular formula is C19H20N2O2S. The molecule has 1 aliphatic rings. The number of nitrogens with one attached hydrogen (secondary N) is 2. The first kappa shape index (κ1) is 16.5. The predicted octanol–water partition coefficient (Wildman–Crippen LogP) is 3.77. The second kappa shape index (κ2) is 7.45. The molecule has 5 heteroatoms. The van der Waals surface area contributed by atoms with Crippen molar-refractivity contribution in [2.75, 3.05) is 12.4 Å². The van der Waals surface area contributed by atoms with E-state index in [-0.39, 0.29) is 10.9 Å². The minimum atomic E-state index is -0.305. The van der Waals surface area contributed by atoms with E-state index >= 15 is 0 Å². The maximum Gasteiger partial charge on any atom is 0.283 e. The van der Waals surface area contributed by atoms with Crippen LogP contribution in [0.2, 0.25) is 0 Å². The summed E-state index contributed by atoms with van der Waals surface area (Å²) in [7, 11) is 1.58. The third kappa shape index (κ3) is 3.74. The maximum atomic E-state index is 12.3. The Morgan fingerprint density at radius 1 is 1.12 bits per heavy atom. The molecule has 0 aromatic heterocycles. The summed E-state index contributed by atoms with van der Waals surface area (Å²) in [6, 6.07) is 16.0. The molecule has 0 unspecified atom stereocenters. The first-order valence-electron chi connectivity index (χ1n) is 8.02. The molecule has 1 aliphatic carbocycles. The van der Waals surface area contributed by atoms with Gasteiger partial charge in [0.15, 0.2) is 4.99 Å². The van der Waals surface area contributed by atoms with Gasteiger partial charge in [0.05, 0.1) is 12.8 Å². The molecule has 24 heavy (non-hydrogen) atoms. The molecule has 2 aromatic rings. The van der Waals surface area contributed by atoms with E-state index in [1.807, 2.05) is 48.5 Å². The highest BCUT2D eigenvalue weighted by molar-refractivity contribution is 7.82. The number of rotatable bonds is 4. The number of hydrogen-bond donors (Lipinski definition) is 2. The molecule has 1 saturated carbocycles. The van der Waals surface area contributed by atoms with Gasteiger partial charge in [0, 0.05) is 6.04 Å². The van der Waals surface area contributed by atoms with Crippen LogP contribution in [0.4, 0.5) is 5.69 Å². The second-order valence-corrected chi connectivity index (χ2v) is 6.24. The standard InChI is InChI=1S/C19H20N2O2S/c1-23-17-11-10-14(13-6-3-2-4-7-13)12-16(17)21-18(22)19(24)20-15-8-5-9-15/h2-4,6-7,10-12,15H,5,8-9H2,1H3,(H,20,24)(H,21,22). The lowest BCUT2D eigenvalue weighted by atomic mass is 9.93. The Balaban J connectivity index is 1.77. The zero-order valence-electron chi connectivity index (χ0n) is 13.5. The van der Waals surface area contributed by atoms with Crippen LogP contribution < -0.4 is 15.4 Å². The number of thiocarbonyl (C=S) groups is 1. The topological polar surface area (TPSA) is 50.4 Å². The SMILES string of the molecule is COc1ccc(-c2ccccc2)cc1NC(=O)C(=S)NC1CCC1. The van der Waals surface area contributed by atoms with Crippen molar-refractivity contribution >= 4 is 28.8 Å². The summed E-state index contributed by atoms with van der Waals surface area (Å²) in [5.41, 5.74) is 2.69. The zero-order chi connectivity index (χ0) is 16.9. The highest BCUT2D eigenvalue weighted by Crippen LogP contribution is 2.30. The van der Waals surface area contributed by atoms with E-state index in [9.17, 15) is 4.79 Å². The molecular weight excluding hydrogens is 320 g/mol. The van der Waals surface area contributed by atoms with Gasteiger partial charge in [-0.2, -0.15) is 0 Å². The van der Waals surface area contributed by atoms with Gasteiger partial charge in [0.1, 0.15) is 5.75 Å². The van der Waals surface area contributed by atoms with Crippen molar-refractivity contribution in [2.24, 2.45) is 0 Å². The Morgan fingerprint density at radius 3 is 2.50 bits per heavy atom. The lowest BCUT2D eigenvalue weighted by molar-refractivity contribution is -0.110. The fourth-order valence-corrected chi connectivity index (χ4v) is 2.82. The first-order chi connectivity index (χ1) is 11.7. The summed E-state index contributed by atoms with van der Waals surface area (Å²) >= 11 is 5.19. The number of ether oxygens (including phenoxy) is 1. The van der Waals surface area contributed by atoms with Crippen LogP contribution >= 0.6 is 12.2 Å². The average Bonchev–Trinajstić information content (AvgIpc) is 2.58. The van der Waals surface area contributed by atoms with Gasteiger partial charge < -0.3 is 15.4 Å². The summed E-state index contributed by atoms with van der Waals surface area (Å²) < 4.78 is 5.35. The minimum absolute atomic E-state index is 0.229. The monoisotopic (exact) mass is 340 g/mol. The average molecular weight is 340 g/mol. The van der Waals surface area contributed by atoms with Crippen molar-refractivity contribution in [3.63, 3.8) is 0 Å². The number of carbonyl (C=O) groups excluding carboxylic acids is 1. The number of methoxy groups -OCH3 is 1. The van der Waals surface area contributed by atoms with E-state index in [2.05, 4.69) is 10.6 Å². The van der Waals surface area contributed by atoms with Crippen LogP contribution in [0, 0.1) is 0 Å². The van der Waals surface area contributed by atoms with Crippen LogP contribution in [0.3, 0.4) is 0 Å². The van der Waals surface area contributed by atoms with Crippen molar-refractivity contribution in [3.8, 4) is 16.9 Å². The van der Waals surface area contributed by atoms with Crippen molar-refractivity contribution in [1.29, 1.82) is 0 Å². The molecule has 0 aliphatic heterocycles. The van der Waals surface area contributed by atoms with Crippen LogP contribution in [-0.2, 0) is 4.79 Å². The van der Waals surface area contributed by atoms with Crippen molar-refractivity contribution in [2.45, 2.75) is 25.3 Å². The fraction of sp³-hybridized carbons (Fsp3) is 0.263. The molecule has 0 heterocycles. The Bertz CT molecular complexity index is 742. The first-order valence-corrected chi connectivity index (χ1v) is 8.43. The Kier molecular flexibility index (Phi) is 5.11. The van der Waals surface area contributed by atoms with E-state index in [4.69, 9.17) is 17.0 Å². The van der Waals surface area contributed by atoms with E-state index in [1.54, 1.807) is 7.11 Å². The maximum absolute atomic E-state index is 12.3. The molecule has 2 aromatic carbocycles. The van der Waals surface area contributed by atoms with Gasteiger partial charge in [-0.25, -0.2) is 0 Å². The molecule has 1 amide bonds. The molecule has 0 atom stereocenters. The highest BCUT2D eigenvalue weighted by Gasteiger charge is 2.21. The van der Waals surface area contributed by atoms with Gasteiger partial charge in [0.2, 0.25) is 0 Å². The number of amides is 1. The molecule has 0 spiro atoms. The van der Waals surface area contributed by atoms with Crippen LogP contribution in [0.1, 0.15) is 19.3 Å². The number of carbonyl (C=O) groups is 1. The lowest BCUT2D eigenvalue weighted by Crippen LogP contribution is -2.43. The van der Waals surface area contributed by atoms with E-state index in [1.165, 1.54) is 6.42 Å². The van der Waals surface area contributed by atoms with Gasteiger partial charge in [0.25, 0.3) is 5.91 Å². The highest BCUT2D eigenvalue weighted by atomic mass is 32.1. The Morgan fingerprint density at radius 2 is 1.88 bits per heavy atom. The summed E-state index contributed by atoms with van der Waals surface area (Å²) in [5.74, 6) is 0.301. The van der Waals surface area contributed by atoms with Gasteiger partial charge in [-0.05, 0) is 42.5 Å². The third-order valence-corrected chi connectivity index (χ3v) is 4.50. The summed E-state index contributed by atoms with van der Waals surface area (Å²) in [4.78, 5) is 12.6. The van der Waals surface area contributed by atoms with E-state index in [0.29, 0.717) is 17.5 Å². The number of anilines is 1. The molecule has 0 saturated heterocycles. The largest absolute Gasteiger partial charge is 0.495 e. The Labute approximate surface area is 147 Å². The van der Waals surface area contributed by atoms with Crippen molar-refractivity contribution < 1.29 is 9.53 Å². The molecule has 0 bridgehead atoms. The number of hydrogen-bond acceptors (Lipinski definition) is 3. The number of benzene rings is 2. The zero-order valence-corrected chi connectivity index (χ0v) is 14.4. The predicted molar refractivity (Wildman–Crippen MR) is 100 cm³/mol. The van der Waals surface area contributed by atoms with Crippen LogP contribution in [0.15, 0.2) is 48.5 Å². The van der Waals surface area contributed by atoms with Crippen molar-refractivity contribution in [1.82, 2.24) is 5.32 Å². The normalized spacial score (nSPS) is 13.7. The van der Waals surface area contributed by atoms with Gasteiger partial charge in [-0.1, -0.05) is 48.6 Å².